The Bertz CT molecular complexity index is 169. The van der Waals surface area contributed by atoms with E-state index in [4.69, 9.17) is 5.73 Å². The van der Waals surface area contributed by atoms with Gasteiger partial charge in [-0.25, -0.2) is 0 Å². The van der Waals surface area contributed by atoms with E-state index in [0.29, 0.717) is 12.1 Å². The molecular formula is C13H28N2. The van der Waals surface area contributed by atoms with Crippen LogP contribution in [0, 0.1) is 11.8 Å². The number of hydrogen-bond donors (Lipinski definition) is 1. The standard InChI is InChI=1S/C13H28N2/c1-5-6-7-15(4)13-11(3)8-10(2)9-12(13)14/h10-13H,5-9,14H2,1-4H3. The van der Waals surface area contributed by atoms with E-state index in [1.54, 1.807) is 0 Å². The van der Waals surface area contributed by atoms with E-state index in [2.05, 4.69) is 32.7 Å². The Balaban J connectivity index is 2.50. The van der Waals surface area contributed by atoms with Crippen LogP contribution in [0.1, 0.15) is 46.5 Å². The summed E-state index contributed by atoms with van der Waals surface area (Å²) in [5.41, 5.74) is 6.29. The van der Waals surface area contributed by atoms with Crippen molar-refractivity contribution < 1.29 is 0 Å². The Morgan fingerprint density at radius 3 is 2.47 bits per heavy atom. The lowest BCUT2D eigenvalue weighted by Gasteiger charge is -2.43. The first-order valence-electron chi connectivity index (χ1n) is 6.52. The van der Waals surface area contributed by atoms with Gasteiger partial charge in [-0.2, -0.15) is 0 Å². The fourth-order valence-corrected chi connectivity index (χ4v) is 3.21. The summed E-state index contributed by atoms with van der Waals surface area (Å²) < 4.78 is 0. The van der Waals surface area contributed by atoms with E-state index in [-0.39, 0.29) is 0 Å². The number of likely N-dealkylation sites (N-methyl/N-ethyl adjacent to an activating group) is 1. The van der Waals surface area contributed by atoms with Gasteiger partial charge in [0.05, 0.1) is 0 Å². The van der Waals surface area contributed by atoms with Gasteiger partial charge in [0.2, 0.25) is 0 Å². The maximum atomic E-state index is 6.29. The SMILES string of the molecule is CCCCN(C)C1C(C)CC(C)CC1N. The average Bonchev–Trinajstić information content (AvgIpc) is 2.12. The molecule has 1 rings (SSSR count). The molecule has 1 fully saturated rings. The Morgan fingerprint density at radius 2 is 1.93 bits per heavy atom. The van der Waals surface area contributed by atoms with E-state index in [0.717, 1.165) is 11.8 Å². The summed E-state index contributed by atoms with van der Waals surface area (Å²) in [5, 5.41) is 0. The summed E-state index contributed by atoms with van der Waals surface area (Å²) in [6.45, 7) is 8.15. The molecule has 0 aliphatic heterocycles. The first-order valence-corrected chi connectivity index (χ1v) is 6.52. The lowest BCUT2D eigenvalue weighted by atomic mass is 9.76. The predicted molar refractivity (Wildman–Crippen MR) is 66.9 cm³/mol. The van der Waals surface area contributed by atoms with Crippen molar-refractivity contribution in [2.75, 3.05) is 13.6 Å². The molecule has 0 heterocycles. The van der Waals surface area contributed by atoms with Crippen molar-refractivity contribution in [2.45, 2.75) is 58.5 Å². The molecule has 2 N–H and O–H groups in total. The second-order valence-electron chi connectivity index (χ2n) is 5.54. The lowest BCUT2D eigenvalue weighted by Crippen LogP contribution is -2.53. The van der Waals surface area contributed by atoms with Gasteiger partial charge in [-0.1, -0.05) is 27.2 Å². The van der Waals surface area contributed by atoms with Crippen molar-refractivity contribution in [3.8, 4) is 0 Å². The van der Waals surface area contributed by atoms with Crippen molar-refractivity contribution >= 4 is 0 Å². The fourth-order valence-electron chi connectivity index (χ4n) is 3.21. The highest BCUT2D eigenvalue weighted by atomic mass is 15.1. The highest BCUT2D eigenvalue weighted by Crippen LogP contribution is 2.30. The Hall–Kier alpha value is -0.0800. The molecule has 0 aromatic heterocycles. The molecule has 0 spiro atoms. The number of hydrogen-bond acceptors (Lipinski definition) is 2. The molecule has 0 amide bonds. The highest BCUT2D eigenvalue weighted by Gasteiger charge is 2.33. The van der Waals surface area contributed by atoms with Gasteiger partial charge < -0.3 is 10.6 Å². The molecule has 0 aromatic rings. The molecular weight excluding hydrogens is 184 g/mol. The van der Waals surface area contributed by atoms with E-state index in [9.17, 15) is 0 Å². The van der Waals surface area contributed by atoms with Crippen LogP contribution in [0.2, 0.25) is 0 Å². The quantitative estimate of drug-likeness (QED) is 0.776. The molecule has 1 saturated carbocycles. The molecule has 0 bridgehead atoms. The summed E-state index contributed by atoms with van der Waals surface area (Å²) in [6, 6.07) is 0.985. The third kappa shape index (κ3) is 3.46. The Kier molecular flexibility index (Phi) is 5.07. The van der Waals surface area contributed by atoms with Crippen LogP contribution < -0.4 is 5.73 Å². The summed E-state index contributed by atoms with van der Waals surface area (Å²) in [4.78, 5) is 2.49. The third-order valence-corrected chi connectivity index (χ3v) is 3.84. The van der Waals surface area contributed by atoms with Crippen LogP contribution in [0.15, 0.2) is 0 Å². The van der Waals surface area contributed by atoms with E-state index in [1.807, 2.05) is 0 Å². The lowest BCUT2D eigenvalue weighted by molar-refractivity contribution is 0.0953. The maximum absolute atomic E-state index is 6.29. The van der Waals surface area contributed by atoms with Gasteiger partial charge in [0.1, 0.15) is 0 Å². The zero-order valence-electron chi connectivity index (χ0n) is 10.9. The van der Waals surface area contributed by atoms with Gasteiger partial charge in [-0.3, -0.25) is 0 Å². The van der Waals surface area contributed by atoms with Crippen molar-refractivity contribution in [3.05, 3.63) is 0 Å². The maximum Gasteiger partial charge on any atom is 0.0269 e. The van der Waals surface area contributed by atoms with E-state index < -0.39 is 0 Å². The van der Waals surface area contributed by atoms with E-state index >= 15 is 0 Å². The van der Waals surface area contributed by atoms with Crippen LogP contribution >= 0.6 is 0 Å². The zero-order chi connectivity index (χ0) is 11.4. The van der Waals surface area contributed by atoms with Crippen molar-refractivity contribution in [3.63, 3.8) is 0 Å². The molecule has 4 unspecified atom stereocenters. The Labute approximate surface area is 95.2 Å². The predicted octanol–water partition coefficient (Wildman–Crippen LogP) is 2.48. The summed E-state index contributed by atoms with van der Waals surface area (Å²) in [5.74, 6) is 1.57. The number of unbranched alkanes of at least 4 members (excludes halogenated alkanes) is 1. The molecule has 2 nitrogen and oxygen atoms in total. The Morgan fingerprint density at radius 1 is 1.27 bits per heavy atom. The second kappa shape index (κ2) is 5.86. The van der Waals surface area contributed by atoms with E-state index in [1.165, 1.54) is 32.2 Å². The summed E-state index contributed by atoms with van der Waals surface area (Å²) in [7, 11) is 2.24. The zero-order valence-corrected chi connectivity index (χ0v) is 10.9. The average molecular weight is 212 g/mol. The molecule has 1 aliphatic carbocycles. The van der Waals surface area contributed by atoms with Gasteiger partial charge in [0, 0.05) is 12.1 Å². The molecule has 4 atom stereocenters. The highest BCUT2D eigenvalue weighted by molar-refractivity contribution is 4.91. The number of rotatable bonds is 4. The van der Waals surface area contributed by atoms with Gasteiger partial charge in [0.25, 0.3) is 0 Å². The third-order valence-electron chi connectivity index (χ3n) is 3.84. The topological polar surface area (TPSA) is 29.3 Å². The van der Waals surface area contributed by atoms with Gasteiger partial charge in [-0.15, -0.1) is 0 Å². The molecule has 0 saturated heterocycles. The molecule has 2 heteroatoms. The minimum Gasteiger partial charge on any atom is -0.326 e. The van der Waals surface area contributed by atoms with Crippen LogP contribution in [0.3, 0.4) is 0 Å². The number of nitrogens with two attached hydrogens (primary N) is 1. The minimum absolute atomic E-state index is 0.380. The van der Waals surface area contributed by atoms with Crippen LogP contribution in [0.25, 0.3) is 0 Å². The van der Waals surface area contributed by atoms with Gasteiger partial charge in [-0.05, 0) is 44.7 Å². The van der Waals surface area contributed by atoms with Crippen molar-refractivity contribution in [1.29, 1.82) is 0 Å². The second-order valence-corrected chi connectivity index (χ2v) is 5.54. The first-order chi connectivity index (χ1) is 7.06. The van der Waals surface area contributed by atoms with Crippen LogP contribution in [-0.2, 0) is 0 Å². The molecule has 15 heavy (non-hydrogen) atoms. The molecule has 0 radical (unpaired) electrons. The number of nitrogens with zero attached hydrogens (tertiary/aromatic N) is 1. The normalized spacial score (nSPS) is 37.2. The summed E-state index contributed by atoms with van der Waals surface area (Å²) in [6.07, 6.45) is 5.11. The summed E-state index contributed by atoms with van der Waals surface area (Å²) >= 11 is 0. The minimum atomic E-state index is 0.380. The fraction of sp³-hybridized carbons (Fsp3) is 1.00. The molecule has 90 valence electrons. The van der Waals surface area contributed by atoms with Crippen LogP contribution in [0.5, 0.6) is 0 Å². The monoisotopic (exact) mass is 212 g/mol. The first kappa shape index (κ1) is 13.0. The smallest absolute Gasteiger partial charge is 0.0269 e. The van der Waals surface area contributed by atoms with Gasteiger partial charge >= 0.3 is 0 Å². The van der Waals surface area contributed by atoms with Gasteiger partial charge in [0.15, 0.2) is 0 Å². The molecule has 1 aliphatic rings. The van der Waals surface area contributed by atoms with Crippen molar-refractivity contribution in [2.24, 2.45) is 17.6 Å². The molecule has 0 aromatic carbocycles. The van der Waals surface area contributed by atoms with Crippen LogP contribution in [-0.4, -0.2) is 30.6 Å². The largest absolute Gasteiger partial charge is 0.326 e. The van der Waals surface area contributed by atoms with Crippen LogP contribution in [0.4, 0.5) is 0 Å². The van der Waals surface area contributed by atoms with Crippen molar-refractivity contribution in [1.82, 2.24) is 4.90 Å².